The number of rotatable bonds is 10. The van der Waals surface area contributed by atoms with Gasteiger partial charge in [0.2, 0.25) is 17.7 Å². The van der Waals surface area contributed by atoms with Crippen molar-refractivity contribution in [3.63, 3.8) is 0 Å². The molecule has 16 heteroatoms. The number of piperidine rings is 1. The van der Waals surface area contributed by atoms with E-state index in [1.165, 1.54) is 34.9 Å². The first-order valence-corrected chi connectivity index (χ1v) is 18.0. The van der Waals surface area contributed by atoms with Gasteiger partial charge in [-0.1, -0.05) is 30.3 Å². The highest BCUT2D eigenvalue weighted by atomic mass is 32.2. The molecule has 1 unspecified atom stereocenters. The first kappa shape index (κ1) is 35.7. The number of aromatic nitrogens is 2. The highest BCUT2D eigenvalue weighted by Crippen LogP contribution is 2.34. The van der Waals surface area contributed by atoms with Gasteiger partial charge in [-0.2, -0.15) is 5.10 Å². The molecule has 1 aromatic heterocycles. The third kappa shape index (κ3) is 7.19. The van der Waals surface area contributed by atoms with E-state index in [1.807, 2.05) is 0 Å². The number of carbonyl (C=O) groups excluding carboxylic acids is 6. The van der Waals surface area contributed by atoms with Crippen LogP contribution in [0.1, 0.15) is 55.2 Å². The number of imide groups is 2. The molecule has 7 rings (SSSR count). The van der Waals surface area contributed by atoms with E-state index in [4.69, 9.17) is 4.74 Å². The highest BCUT2D eigenvalue weighted by Gasteiger charge is 2.45. The zero-order valence-electron chi connectivity index (χ0n) is 28.3. The molecule has 3 aliphatic rings. The molecule has 0 aliphatic carbocycles. The van der Waals surface area contributed by atoms with Crippen LogP contribution in [0.2, 0.25) is 0 Å². The van der Waals surface area contributed by atoms with Crippen LogP contribution in [0.4, 0.5) is 4.39 Å². The maximum Gasteiger partial charge on any atom is 0.272 e. The van der Waals surface area contributed by atoms with Gasteiger partial charge < -0.3 is 14.5 Å². The lowest BCUT2D eigenvalue weighted by molar-refractivity contribution is -0.137. The molecule has 0 spiro atoms. The molecule has 0 saturated carbocycles. The Morgan fingerprint density at radius 3 is 2.43 bits per heavy atom. The molecule has 3 aromatic carbocycles. The predicted octanol–water partition coefficient (Wildman–Crippen LogP) is 2.15. The molecular formula is C37H33FN6O8S. The third-order valence-corrected chi connectivity index (χ3v) is 10.5. The lowest BCUT2D eigenvalue weighted by atomic mass is 10.0. The number of H-pyrrole nitrogens is 1. The Labute approximate surface area is 305 Å². The Bertz CT molecular complexity index is 2240. The minimum absolute atomic E-state index is 0.0295. The quantitative estimate of drug-likeness (QED) is 0.139. The number of amides is 6. The van der Waals surface area contributed by atoms with Gasteiger partial charge in [0.15, 0.2) is 0 Å². The van der Waals surface area contributed by atoms with Crippen molar-refractivity contribution in [2.24, 2.45) is 0 Å². The second kappa shape index (κ2) is 15.1. The van der Waals surface area contributed by atoms with Gasteiger partial charge in [0.1, 0.15) is 18.5 Å². The van der Waals surface area contributed by atoms with Crippen molar-refractivity contribution in [1.29, 1.82) is 0 Å². The second-order valence-electron chi connectivity index (χ2n) is 12.7. The molecule has 3 aliphatic heterocycles. The molecular weight excluding hydrogens is 708 g/mol. The first-order valence-electron chi connectivity index (χ1n) is 17.0. The number of hydrogen-bond acceptors (Lipinski definition) is 10. The van der Waals surface area contributed by atoms with Crippen molar-refractivity contribution in [3.05, 3.63) is 105 Å². The number of benzene rings is 3. The van der Waals surface area contributed by atoms with E-state index in [0.29, 0.717) is 32.7 Å². The Morgan fingerprint density at radius 1 is 0.906 bits per heavy atom. The van der Waals surface area contributed by atoms with Crippen LogP contribution in [0.3, 0.4) is 0 Å². The molecule has 2 N–H and O–H groups in total. The molecule has 2 fully saturated rings. The number of thioether (sulfide) groups is 1. The van der Waals surface area contributed by atoms with Crippen LogP contribution in [0, 0.1) is 5.82 Å². The molecule has 272 valence electrons. The summed E-state index contributed by atoms with van der Waals surface area (Å²) in [6.07, 6.45) is 0.365. The summed E-state index contributed by atoms with van der Waals surface area (Å²) in [6.45, 7) is 0.861. The van der Waals surface area contributed by atoms with Crippen LogP contribution < -0.4 is 10.9 Å². The molecule has 4 aromatic rings. The fourth-order valence-corrected chi connectivity index (χ4v) is 7.68. The molecule has 14 nitrogen and oxygen atoms in total. The molecule has 2 saturated heterocycles. The summed E-state index contributed by atoms with van der Waals surface area (Å²) in [4.78, 5) is 93.3. The predicted molar refractivity (Wildman–Crippen MR) is 189 cm³/mol. The summed E-state index contributed by atoms with van der Waals surface area (Å²) in [5.41, 5.74) is 1.22. The topological polar surface area (TPSA) is 179 Å². The first-order chi connectivity index (χ1) is 25.6. The monoisotopic (exact) mass is 740 g/mol. The lowest BCUT2D eigenvalue weighted by Crippen LogP contribution is -2.54. The standard InChI is InChI=1S/C37H33FN6O8S/c38-26-9-8-21(19-27-22-4-1-2-5-23(22)33(47)41-40-27)18-25(26)35(49)43-14-12-42(13-15-43)31(46)20-52-16-17-53-29-7-3-6-24-32(29)37(51)44(36(24)50)28-10-11-30(45)39-34(28)48/h1-9,18,28H,10-17,19-20H2,(H,41,47)(H,39,45,48). The van der Waals surface area contributed by atoms with Gasteiger partial charge in [0.25, 0.3) is 23.3 Å². The van der Waals surface area contributed by atoms with Gasteiger partial charge >= 0.3 is 0 Å². The zero-order valence-corrected chi connectivity index (χ0v) is 29.1. The number of hydrogen-bond donors (Lipinski definition) is 2. The highest BCUT2D eigenvalue weighted by molar-refractivity contribution is 7.99. The zero-order chi connectivity index (χ0) is 37.2. The van der Waals surface area contributed by atoms with Crippen molar-refractivity contribution in [2.45, 2.75) is 30.2 Å². The van der Waals surface area contributed by atoms with Gasteiger partial charge in [-0.15, -0.1) is 11.8 Å². The van der Waals surface area contributed by atoms with Gasteiger partial charge in [-0.3, -0.25) is 43.8 Å². The number of carbonyl (C=O) groups is 6. The smallest absolute Gasteiger partial charge is 0.272 e. The second-order valence-corrected chi connectivity index (χ2v) is 13.9. The Kier molecular flexibility index (Phi) is 10.1. The van der Waals surface area contributed by atoms with Crippen molar-refractivity contribution in [3.8, 4) is 0 Å². The summed E-state index contributed by atoms with van der Waals surface area (Å²) >= 11 is 1.28. The normalized spacial score (nSPS) is 17.4. The fourth-order valence-electron chi connectivity index (χ4n) is 6.74. The Hall–Kier alpha value is -5.74. The van der Waals surface area contributed by atoms with E-state index in [1.54, 1.807) is 47.4 Å². The average Bonchev–Trinajstić information content (AvgIpc) is 3.42. The van der Waals surface area contributed by atoms with Gasteiger partial charge in [0, 0.05) is 55.1 Å². The van der Waals surface area contributed by atoms with Crippen LogP contribution in [0.25, 0.3) is 10.8 Å². The molecule has 0 bridgehead atoms. The minimum atomic E-state index is -1.06. The summed E-state index contributed by atoms with van der Waals surface area (Å²) < 4.78 is 20.5. The SMILES string of the molecule is O=C1CCC(N2C(=O)c3cccc(SCCOCC(=O)N4CCN(C(=O)c5cc(Cc6n[nH]c(=O)c7ccccc67)ccc5F)CC4)c3C2=O)C(=O)N1. The van der Waals surface area contributed by atoms with E-state index < -0.39 is 41.4 Å². The van der Waals surface area contributed by atoms with Crippen LogP contribution >= 0.6 is 11.8 Å². The largest absolute Gasteiger partial charge is 0.371 e. The van der Waals surface area contributed by atoms with Crippen molar-refractivity contribution in [1.82, 2.24) is 30.2 Å². The molecule has 1 atom stereocenters. The summed E-state index contributed by atoms with van der Waals surface area (Å²) in [5.74, 6) is -3.35. The molecule has 0 radical (unpaired) electrons. The number of piperazine rings is 1. The van der Waals surface area contributed by atoms with E-state index in [-0.39, 0.29) is 86.8 Å². The van der Waals surface area contributed by atoms with E-state index in [0.717, 1.165) is 4.90 Å². The Balaban J connectivity index is 0.883. The number of aromatic amines is 1. The van der Waals surface area contributed by atoms with Gasteiger partial charge in [-0.25, -0.2) is 9.49 Å². The molecule has 6 amide bonds. The van der Waals surface area contributed by atoms with Crippen molar-refractivity contribution >= 4 is 58.0 Å². The maximum absolute atomic E-state index is 14.9. The number of ether oxygens (including phenoxy) is 1. The minimum Gasteiger partial charge on any atom is -0.371 e. The summed E-state index contributed by atoms with van der Waals surface area (Å²) in [6, 6.07) is 15.2. The van der Waals surface area contributed by atoms with Crippen LogP contribution in [0.5, 0.6) is 0 Å². The van der Waals surface area contributed by atoms with Gasteiger partial charge in [0.05, 0.1) is 34.4 Å². The van der Waals surface area contributed by atoms with Crippen LogP contribution in [-0.4, -0.2) is 112 Å². The lowest BCUT2D eigenvalue weighted by Gasteiger charge is -2.34. The van der Waals surface area contributed by atoms with Crippen molar-refractivity contribution in [2.75, 3.05) is 45.1 Å². The van der Waals surface area contributed by atoms with Crippen molar-refractivity contribution < 1.29 is 37.9 Å². The number of nitrogens with zero attached hydrogens (tertiary/aromatic N) is 4. The number of nitrogens with one attached hydrogen (secondary N) is 2. The maximum atomic E-state index is 14.9. The average molecular weight is 741 g/mol. The van der Waals surface area contributed by atoms with Crippen LogP contribution in [-0.2, 0) is 25.5 Å². The van der Waals surface area contributed by atoms with E-state index >= 15 is 0 Å². The van der Waals surface area contributed by atoms with E-state index in [9.17, 15) is 38.0 Å². The van der Waals surface area contributed by atoms with Crippen LogP contribution in [0.15, 0.2) is 70.4 Å². The summed E-state index contributed by atoms with van der Waals surface area (Å²) in [5, 5.41) is 10.0. The molecule has 53 heavy (non-hydrogen) atoms. The third-order valence-electron chi connectivity index (χ3n) is 9.47. The Morgan fingerprint density at radius 2 is 1.66 bits per heavy atom. The number of fused-ring (bicyclic) bond motifs is 2. The van der Waals surface area contributed by atoms with E-state index in [2.05, 4.69) is 15.5 Å². The fraction of sp³-hybridized carbons (Fsp3) is 0.297. The number of halogens is 1. The summed E-state index contributed by atoms with van der Waals surface area (Å²) in [7, 11) is 0. The molecule has 4 heterocycles. The van der Waals surface area contributed by atoms with Gasteiger partial charge in [-0.05, 0) is 42.3 Å².